The molecule has 86 valence electrons. The monoisotopic (exact) mass is 216 g/mol. The Morgan fingerprint density at radius 2 is 2.06 bits per heavy atom. The molecule has 0 spiro atoms. The number of hydrogen-bond acceptors (Lipinski definition) is 2. The van der Waals surface area contributed by atoms with Crippen molar-refractivity contribution in [3.05, 3.63) is 35.9 Å². The second kappa shape index (κ2) is 4.56. The molecule has 0 bridgehead atoms. The number of fused-ring (bicyclic) bond motifs is 1. The summed E-state index contributed by atoms with van der Waals surface area (Å²) in [5.41, 5.74) is 1.45. The minimum absolute atomic E-state index is 0.786. The first-order chi connectivity index (χ1) is 7.93. The fourth-order valence-corrected chi connectivity index (χ4v) is 3.18. The Labute approximate surface area is 97.6 Å². The zero-order chi connectivity index (χ0) is 10.8. The van der Waals surface area contributed by atoms with Gasteiger partial charge in [-0.2, -0.15) is 0 Å². The number of nitrogens with zero attached hydrogens (tertiary/aromatic N) is 1. The van der Waals surface area contributed by atoms with Gasteiger partial charge in [0, 0.05) is 19.1 Å². The van der Waals surface area contributed by atoms with E-state index in [0.717, 1.165) is 18.5 Å². The lowest BCUT2D eigenvalue weighted by Crippen LogP contribution is -2.44. The molecule has 0 unspecified atom stereocenters. The Kier molecular flexibility index (Phi) is 2.94. The van der Waals surface area contributed by atoms with Crippen molar-refractivity contribution in [2.45, 2.75) is 25.4 Å². The highest BCUT2D eigenvalue weighted by atomic mass is 15.2. The molecule has 0 aliphatic carbocycles. The molecule has 1 aromatic rings. The summed E-state index contributed by atoms with van der Waals surface area (Å²) < 4.78 is 0. The third-order valence-corrected chi connectivity index (χ3v) is 4.02. The van der Waals surface area contributed by atoms with Crippen LogP contribution in [0.5, 0.6) is 0 Å². The Morgan fingerprint density at radius 3 is 2.94 bits per heavy atom. The summed E-state index contributed by atoms with van der Waals surface area (Å²) in [6.07, 6.45) is 2.79. The zero-order valence-corrected chi connectivity index (χ0v) is 9.73. The summed E-state index contributed by atoms with van der Waals surface area (Å²) in [5.74, 6) is 0.900. The van der Waals surface area contributed by atoms with E-state index in [-0.39, 0.29) is 0 Å². The average Bonchev–Trinajstić information content (AvgIpc) is 2.80. The third kappa shape index (κ3) is 2.00. The van der Waals surface area contributed by atoms with Gasteiger partial charge < -0.3 is 5.32 Å². The van der Waals surface area contributed by atoms with E-state index in [4.69, 9.17) is 0 Å². The minimum Gasteiger partial charge on any atom is -0.315 e. The summed E-state index contributed by atoms with van der Waals surface area (Å²) in [4.78, 5) is 2.67. The largest absolute Gasteiger partial charge is 0.315 e. The van der Waals surface area contributed by atoms with Gasteiger partial charge in [-0.05, 0) is 37.4 Å². The van der Waals surface area contributed by atoms with Crippen LogP contribution in [-0.2, 0) is 6.54 Å². The van der Waals surface area contributed by atoms with E-state index < -0.39 is 0 Å². The lowest BCUT2D eigenvalue weighted by molar-refractivity contribution is 0.117. The summed E-state index contributed by atoms with van der Waals surface area (Å²) in [5, 5.41) is 3.54. The van der Waals surface area contributed by atoms with Crippen LogP contribution in [0.25, 0.3) is 0 Å². The molecule has 0 radical (unpaired) electrons. The summed E-state index contributed by atoms with van der Waals surface area (Å²) in [6, 6.07) is 11.7. The van der Waals surface area contributed by atoms with Crippen LogP contribution in [0.15, 0.2) is 30.3 Å². The molecular formula is C14H20N2. The van der Waals surface area contributed by atoms with Crippen molar-refractivity contribution in [1.29, 1.82) is 0 Å². The molecule has 2 aliphatic rings. The topological polar surface area (TPSA) is 15.3 Å². The van der Waals surface area contributed by atoms with Crippen molar-refractivity contribution in [3.63, 3.8) is 0 Å². The highest BCUT2D eigenvalue weighted by Gasteiger charge is 2.34. The second-order valence-corrected chi connectivity index (χ2v) is 5.08. The fourth-order valence-electron chi connectivity index (χ4n) is 3.18. The Balaban J connectivity index is 1.70. The van der Waals surface area contributed by atoms with Crippen molar-refractivity contribution in [2.75, 3.05) is 19.6 Å². The van der Waals surface area contributed by atoms with Gasteiger partial charge in [-0.1, -0.05) is 30.3 Å². The number of nitrogens with one attached hydrogen (secondary N) is 1. The normalized spacial score (nSPS) is 30.2. The van der Waals surface area contributed by atoms with Crippen LogP contribution >= 0.6 is 0 Å². The van der Waals surface area contributed by atoms with Crippen molar-refractivity contribution in [2.24, 2.45) is 5.92 Å². The molecule has 0 aromatic heterocycles. The van der Waals surface area contributed by atoms with Gasteiger partial charge in [0.25, 0.3) is 0 Å². The van der Waals surface area contributed by atoms with Crippen molar-refractivity contribution in [1.82, 2.24) is 10.2 Å². The number of hydrogen-bond donors (Lipinski definition) is 1. The maximum Gasteiger partial charge on any atom is 0.0264 e. The Morgan fingerprint density at radius 1 is 1.19 bits per heavy atom. The lowest BCUT2D eigenvalue weighted by Gasteiger charge is -2.37. The molecule has 2 saturated heterocycles. The van der Waals surface area contributed by atoms with E-state index in [1.165, 1.54) is 38.0 Å². The van der Waals surface area contributed by atoms with Gasteiger partial charge in [0.15, 0.2) is 0 Å². The predicted octanol–water partition coefficient (Wildman–Crippen LogP) is 1.87. The van der Waals surface area contributed by atoms with Crippen LogP contribution in [0, 0.1) is 5.92 Å². The Hall–Kier alpha value is -0.860. The SMILES string of the molecule is c1ccc(CN2CCC[C@@H]3CNC[C@@H]32)cc1. The van der Waals surface area contributed by atoms with Gasteiger partial charge in [-0.3, -0.25) is 4.90 Å². The molecular weight excluding hydrogens is 196 g/mol. The quantitative estimate of drug-likeness (QED) is 0.812. The molecule has 1 aromatic carbocycles. The zero-order valence-electron chi connectivity index (χ0n) is 9.73. The van der Waals surface area contributed by atoms with Crippen LogP contribution in [0.1, 0.15) is 18.4 Å². The van der Waals surface area contributed by atoms with E-state index in [2.05, 4.69) is 40.5 Å². The van der Waals surface area contributed by atoms with Crippen LogP contribution < -0.4 is 5.32 Å². The third-order valence-electron chi connectivity index (χ3n) is 4.02. The molecule has 16 heavy (non-hydrogen) atoms. The highest BCUT2D eigenvalue weighted by molar-refractivity contribution is 5.15. The van der Waals surface area contributed by atoms with E-state index in [1.807, 2.05) is 0 Å². The first-order valence-electron chi connectivity index (χ1n) is 6.42. The first kappa shape index (κ1) is 10.3. The maximum atomic E-state index is 3.54. The molecule has 2 atom stereocenters. The average molecular weight is 216 g/mol. The number of piperidine rings is 1. The molecule has 2 aliphatic heterocycles. The summed E-state index contributed by atoms with van der Waals surface area (Å²) in [6.45, 7) is 4.83. The summed E-state index contributed by atoms with van der Waals surface area (Å²) in [7, 11) is 0. The van der Waals surface area contributed by atoms with E-state index in [1.54, 1.807) is 0 Å². The van der Waals surface area contributed by atoms with Gasteiger partial charge in [0.05, 0.1) is 0 Å². The lowest BCUT2D eigenvalue weighted by atomic mass is 9.92. The van der Waals surface area contributed by atoms with Crippen LogP contribution in [0.3, 0.4) is 0 Å². The minimum atomic E-state index is 0.786. The molecule has 2 fully saturated rings. The van der Waals surface area contributed by atoms with Crippen LogP contribution in [-0.4, -0.2) is 30.6 Å². The smallest absolute Gasteiger partial charge is 0.0264 e. The highest BCUT2D eigenvalue weighted by Crippen LogP contribution is 2.27. The van der Waals surface area contributed by atoms with Gasteiger partial charge in [-0.25, -0.2) is 0 Å². The van der Waals surface area contributed by atoms with Crippen LogP contribution in [0.4, 0.5) is 0 Å². The molecule has 2 heteroatoms. The van der Waals surface area contributed by atoms with Crippen molar-refractivity contribution >= 4 is 0 Å². The van der Waals surface area contributed by atoms with Gasteiger partial charge in [-0.15, -0.1) is 0 Å². The molecule has 3 rings (SSSR count). The van der Waals surface area contributed by atoms with Gasteiger partial charge in [0.1, 0.15) is 0 Å². The number of rotatable bonds is 2. The van der Waals surface area contributed by atoms with Crippen molar-refractivity contribution in [3.8, 4) is 0 Å². The molecule has 2 heterocycles. The second-order valence-electron chi connectivity index (χ2n) is 5.08. The number of likely N-dealkylation sites (tertiary alicyclic amines) is 1. The molecule has 0 amide bonds. The molecule has 2 nitrogen and oxygen atoms in total. The first-order valence-corrected chi connectivity index (χ1v) is 6.42. The van der Waals surface area contributed by atoms with Crippen molar-refractivity contribution < 1.29 is 0 Å². The van der Waals surface area contributed by atoms with Crippen LogP contribution in [0.2, 0.25) is 0 Å². The molecule has 1 N–H and O–H groups in total. The van der Waals surface area contributed by atoms with Gasteiger partial charge >= 0.3 is 0 Å². The van der Waals surface area contributed by atoms with E-state index in [9.17, 15) is 0 Å². The van der Waals surface area contributed by atoms with E-state index >= 15 is 0 Å². The standard InChI is InChI=1S/C14H20N2/c1-2-5-12(6-3-1)11-16-8-4-7-13-9-15-10-14(13)16/h1-3,5-6,13-15H,4,7-11H2/t13-,14+/m1/s1. The predicted molar refractivity (Wildman–Crippen MR) is 66.2 cm³/mol. The fraction of sp³-hybridized carbons (Fsp3) is 0.571. The summed E-state index contributed by atoms with van der Waals surface area (Å²) >= 11 is 0. The maximum absolute atomic E-state index is 3.54. The number of benzene rings is 1. The molecule has 0 saturated carbocycles. The van der Waals surface area contributed by atoms with Gasteiger partial charge in [0.2, 0.25) is 0 Å². The van der Waals surface area contributed by atoms with E-state index in [0.29, 0.717) is 0 Å². The Bertz CT molecular complexity index is 336.